The molecule has 0 unspecified atom stereocenters. The van der Waals surface area contributed by atoms with Crippen molar-refractivity contribution in [3.8, 4) is 0 Å². The number of likely N-dealkylation sites (tertiary alicyclic amines) is 1. The van der Waals surface area contributed by atoms with Gasteiger partial charge in [-0.25, -0.2) is 4.79 Å². The largest absolute Gasteiger partial charge is 0.481 e. The summed E-state index contributed by atoms with van der Waals surface area (Å²) in [5.74, 6) is -9.27. The second kappa shape index (κ2) is 29.5. The highest BCUT2D eigenvalue weighted by atomic mass is 16.4. The van der Waals surface area contributed by atoms with Crippen molar-refractivity contribution in [2.75, 3.05) is 26.2 Å². The van der Waals surface area contributed by atoms with Gasteiger partial charge in [-0.05, 0) is 68.6 Å². The van der Waals surface area contributed by atoms with Crippen molar-refractivity contribution in [3.05, 3.63) is 0 Å². The lowest BCUT2D eigenvalue weighted by molar-refractivity contribution is -0.142. The van der Waals surface area contributed by atoms with Crippen molar-refractivity contribution in [2.24, 2.45) is 45.9 Å². The Kier molecular flexibility index (Phi) is 26.0. The van der Waals surface area contributed by atoms with Gasteiger partial charge in [0.05, 0.1) is 19.1 Å². The van der Waals surface area contributed by atoms with E-state index >= 15 is 0 Å². The number of aliphatic imine (C=N–C) groups is 1. The molecule has 1 heterocycles. The summed E-state index contributed by atoms with van der Waals surface area (Å²) < 4.78 is 0. The Bertz CT molecular complexity index is 1760. The fourth-order valence-electron chi connectivity index (χ4n) is 7.11. The Labute approximate surface area is 392 Å². The average Bonchev–Trinajstić information content (AvgIpc) is 3.74. The van der Waals surface area contributed by atoms with Crippen molar-refractivity contribution in [1.29, 1.82) is 0 Å². The van der Waals surface area contributed by atoms with E-state index in [0.717, 1.165) is 0 Å². The van der Waals surface area contributed by atoms with Crippen LogP contribution in [0.4, 0.5) is 0 Å². The number of rotatable bonds is 30. The van der Waals surface area contributed by atoms with E-state index in [1.54, 1.807) is 27.7 Å². The van der Waals surface area contributed by atoms with Gasteiger partial charge in [-0.1, -0.05) is 61.8 Å². The van der Waals surface area contributed by atoms with Crippen LogP contribution in [-0.4, -0.2) is 149 Å². The summed E-state index contributed by atoms with van der Waals surface area (Å²) >= 11 is 0. The molecule has 0 radical (unpaired) electrons. The van der Waals surface area contributed by atoms with Crippen LogP contribution in [0.15, 0.2) is 4.99 Å². The summed E-state index contributed by atoms with van der Waals surface area (Å²) in [5.41, 5.74) is 16.3. The van der Waals surface area contributed by atoms with Gasteiger partial charge in [0.1, 0.15) is 36.3 Å². The van der Waals surface area contributed by atoms with Crippen molar-refractivity contribution >= 4 is 65.2 Å². The number of hydrogen-bond donors (Lipinski definition) is 12. The third-order valence-corrected chi connectivity index (χ3v) is 11.0. The highest BCUT2D eigenvalue weighted by Crippen LogP contribution is 2.19. The number of hydrogen-bond acceptors (Lipinski definition) is 12. The first-order valence-corrected chi connectivity index (χ1v) is 22.9. The third-order valence-electron chi connectivity index (χ3n) is 11.0. The van der Waals surface area contributed by atoms with E-state index in [2.05, 4.69) is 42.2 Å². The zero-order valence-electron chi connectivity index (χ0n) is 40.1. The van der Waals surface area contributed by atoms with Gasteiger partial charge in [-0.3, -0.25) is 48.1 Å². The lowest BCUT2D eigenvalue weighted by atomic mass is 9.95. The number of nitrogens with two attached hydrogens (primary N) is 3. The smallest absolute Gasteiger partial charge is 0.326 e. The lowest BCUT2D eigenvalue weighted by Gasteiger charge is -2.31. The van der Waals surface area contributed by atoms with Crippen LogP contribution in [0, 0.1) is 23.7 Å². The second-order valence-electron chi connectivity index (χ2n) is 18.1. The van der Waals surface area contributed by atoms with Crippen molar-refractivity contribution in [3.63, 3.8) is 0 Å². The minimum Gasteiger partial charge on any atom is -0.481 e. The molecule has 0 aromatic heterocycles. The van der Waals surface area contributed by atoms with Gasteiger partial charge in [0.2, 0.25) is 47.3 Å². The third kappa shape index (κ3) is 21.9. The summed E-state index contributed by atoms with van der Waals surface area (Å²) in [4.78, 5) is 135. The van der Waals surface area contributed by atoms with Crippen LogP contribution in [0.25, 0.3) is 0 Å². The van der Waals surface area contributed by atoms with Crippen molar-refractivity contribution in [2.45, 2.75) is 155 Å². The monoisotopic (exact) mass is 953 g/mol. The maximum atomic E-state index is 14.0. The van der Waals surface area contributed by atoms with E-state index < -0.39 is 126 Å². The standard InChI is InChI=1S/C43H76N12O12/c1-9-25(8)35(41(65)51-28(18-22(2)3)37(61)48-20-31(56)50-27(42(66)67)12-10-16-47-43(45)46)54-38(62)29(19-23(4)5)52-40(64)34(24(6)7)53-39(63)30-13-11-17-55(30)32(57)21-49-36(60)26(44)14-15-33(58)59/h22-30,34-35H,9-21,44H2,1-8H3,(H,48,61)(H,49,60)(H,50,56)(H,51,65)(H,52,64)(H,53,63)(H,54,62)(H,58,59)(H,66,67)(H4,45,46,47)/t25-,26-,27-,28-,29-,30-,34-,35-/m0/s1. The van der Waals surface area contributed by atoms with Crippen LogP contribution >= 0.6 is 0 Å². The molecule has 1 rings (SSSR count). The predicted molar refractivity (Wildman–Crippen MR) is 246 cm³/mol. The fourth-order valence-corrected chi connectivity index (χ4v) is 7.11. The summed E-state index contributed by atoms with van der Waals surface area (Å²) in [6.45, 7) is 13.5. The zero-order valence-corrected chi connectivity index (χ0v) is 40.1. The first kappa shape index (κ1) is 58.9. The maximum Gasteiger partial charge on any atom is 0.326 e. The van der Waals surface area contributed by atoms with E-state index in [0.29, 0.717) is 12.8 Å². The number of carboxylic acid groups (broad SMARTS) is 2. The summed E-state index contributed by atoms with van der Waals surface area (Å²) in [6.07, 6.45) is 1.26. The molecule has 0 aliphatic carbocycles. The molecule has 24 heteroatoms. The quantitative estimate of drug-likeness (QED) is 0.0206. The highest BCUT2D eigenvalue weighted by molar-refractivity contribution is 5.97. The molecule has 0 saturated carbocycles. The summed E-state index contributed by atoms with van der Waals surface area (Å²) in [5, 5.41) is 36.5. The van der Waals surface area contributed by atoms with Crippen LogP contribution in [0.1, 0.15) is 113 Å². The lowest BCUT2D eigenvalue weighted by Crippen LogP contribution is -2.61. The Morgan fingerprint density at radius 1 is 0.687 bits per heavy atom. The molecule has 15 N–H and O–H groups in total. The zero-order chi connectivity index (χ0) is 51.1. The van der Waals surface area contributed by atoms with Crippen molar-refractivity contribution in [1.82, 2.24) is 42.1 Å². The molecule has 380 valence electrons. The Morgan fingerprint density at radius 3 is 1.78 bits per heavy atom. The van der Waals surface area contributed by atoms with Gasteiger partial charge >= 0.3 is 11.9 Å². The number of nitrogens with one attached hydrogen (secondary N) is 7. The predicted octanol–water partition coefficient (Wildman–Crippen LogP) is -2.24. The van der Waals surface area contributed by atoms with E-state index in [4.69, 9.17) is 22.3 Å². The normalized spacial score (nSPS) is 16.6. The van der Waals surface area contributed by atoms with Crippen LogP contribution < -0.4 is 54.4 Å². The molecule has 0 aromatic carbocycles. The number of carboxylic acids is 2. The van der Waals surface area contributed by atoms with Crippen LogP contribution in [0.3, 0.4) is 0 Å². The van der Waals surface area contributed by atoms with Crippen LogP contribution in [-0.2, 0) is 47.9 Å². The molecule has 8 amide bonds. The highest BCUT2D eigenvalue weighted by Gasteiger charge is 2.38. The molecular formula is C43H76N12O12. The molecule has 0 bridgehead atoms. The maximum absolute atomic E-state index is 14.0. The fraction of sp³-hybridized carbons (Fsp3) is 0.744. The van der Waals surface area contributed by atoms with Gasteiger partial charge < -0.3 is 69.5 Å². The molecule has 24 nitrogen and oxygen atoms in total. The van der Waals surface area contributed by atoms with E-state index in [9.17, 15) is 53.1 Å². The molecule has 0 spiro atoms. The number of amides is 8. The van der Waals surface area contributed by atoms with Crippen LogP contribution in [0.5, 0.6) is 0 Å². The van der Waals surface area contributed by atoms with Gasteiger partial charge in [0.15, 0.2) is 5.96 Å². The number of carbonyl (C=O) groups excluding carboxylic acids is 8. The SMILES string of the molecule is CC[C@H](C)[C@H](NC(=O)[C@H](CC(C)C)NC(=O)[C@@H](NC(=O)[C@@H]1CCCN1C(=O)CNC(=O)[C@@H](N)CCC(=O)O)C(C)C)C(=O)N[C@@H](CC(C)C)C(=O)NCC(=O)N[C@@H](CCCN=C(N)N)C(=O)O. The van der Waals surface area contributed by atoms with Crippen LogP contribution in [0.2, 0.25) is 0 Å². The minimum absolute atomic E-state index is 0.0166. The molecule has 1 fully saturated rings. The summed E-state index contributed by atoms with van der Waals surface area (Å²) in [7, 11) is 0. The number of nitrogens with zero attached hydrogens (tertiary/aromatic N) is 2. The van der Waals surface area contributed by atoms with Crippen molar-refractivity contribution < 1.29 is 58.2 Å². The molecule has 67 heavy (non-hydrogen) atoms. The second-order valence-corrected chi connectivity index (χ2v) is 18.1. The summed E-state index contributed by atoms with van der Waals surface area (Å²) in [6, 6.07) is -8.05. The molecule has 0 aromatic rings. The Morgan fingerprint density at radius 2 is 1.25 bits per heavy atom. The van der Waals surface area contributed by atoms with Gasteiger partial charge in [-0.15, -0.1) is 0 Å². The topological polar surface area (TPSA) is 389 Å². The Balaban J connectivity index is 3.12. The van der Waals surface area contributed by atoms with E-state index in [-0.39, 0.29) is 75.8 Å². The molecule has 1 aliphatic heterocycles. The first-order valence-electron chi connectivity index (χ1n) is 22.9. The number of carbonyl (C=O) groups is 10. The average molecular weight is 953 g/mol. The Hall–Kier alpha value is -6.07. The number of guanidine groups is 1. The van der Waals surface area contributed by atoms with E-state index in [1.165, 1.54) is 4.90 Å². The first-order chi connectivity index (χ1) is 31.3. The van der Waals surface area contributed by atoms with Gasteiger partial charge in [0.25, 0.3) is 0 Å². The molecular weight excluding hydrogens is 877 g/mol. The minimum atomic E-state index is -1.29. The molecule has 1 saturated heterocycles. The van der Waals surface area contributed by atoms with E-state index in [1.807, 2.05) is 27.7 Å². The molecule has 8 atom stereocenters. The molecule has 1 aliphatic rings. The van der Waals surface area contributed by atoms with Gasteiger partial charge in [0, 0.05) is 19.5 Å². The van der Waals surface area contributed by atoms with Gasteiger partial charge in [-0.2, -0.15) is 0 Å². The number of aliphatic carboxylic acids is 2.